The van der Waals surface area contributed by atoms with Gasteiger partial charge in [0.25, 0.3) is 0 Å². The van der Waals surface area contributed by atoms with E-state index in [1.54, 1.807) is 12.3 Å². The third-order valence-corrected chi connectivity index (χ3v) is 0.755. The van der Waals surface area contributed by atoms with E-state index in [9.17, 15) is 0 Å². The Bertz CT molecular complexity index is 292. The Morgan fingerprint density at radius 1 is 1.88 bits per heavy atom. The summed E-state index contributed by atoms with van der Waals surface area (Å²) in [6.45, 7) is 3.44. The summed E-state index contributed by atoms with van der Waals surface area (Å²) in [7, 11) is 0. The van der Waals surface area contributed by atoms with Crippen LogP contribution in [0.1, 0.15) is 0 Å². The fourth-order valence-electron chi connectivity index (χ4n) is 0.421. The minimum absolute atomic E-state index is 0.403. The van der Waals surface area contributed by atoms with Gasteiger partial charge >= 0.3 is 0 Å². The van der Waals surface area contributed by atoms with Gasteiger partial charge in [-0.25, -0.2) is 4.36 Å². The molecule has 1 aromatic heterocycles. The number of hydrogen-bond acceptors (Lipinski definition) is 0. The van der Waals surface area contributed by atoms with E-state index in [0.717, 1.165) is 0 Å². The third-order valence-electron chi connectivity index (χ3n) is 0.755. The van der Waals surface area contributed by atoms with E-state index in [4.69, 9.17) is 5.41 Å². The van der Waals surface area contributed by atoms with Crippen molar-refractivity contribution in [3.63, 3.8) is 0 Å². The van der Waals surface area contributed by atoms with Crippen LogP contribution >= 0.6 is 0 Å². The van der Waals surface area contributed by atoms with Crippen LogP contribution in [0.5, 0.6) is 0 Å². The van der Waals surface area contributed by atoms with Gasteiger partial charge in [0.2, 0.25) is 0 Å². The molecule has 0 N–H and O–H groups in total. The molecule has 0 bridgehead atoms. The van der Waals surface area contributed by atoms with Crippen LogP contribution in [0.3, 0.4) is 0 Å². The van der Waals surface area contributed by atoms with Gasteiger partial charge in [-0.2, -0.15) is 0 Å². The Hall–Kier alpha value is -1.34. The first kappa shape index (κ1) is 4.81. The summed E-state index contributed by atoms with van der Waals surface area (Å²) in [5, 5.41) is 12.3. The van der Waals surface area contributed by atoms with Gasteiger partial charge in [0, 0.05) is 0 Å². The number of aromatic nitrogens is 2. The second-order valence-electron chi connectivity index (χ2n) is 1.35. The molecule has 0 fully saturated rings. The summed E-state index contributed by atoms with van der Waals surface area (Å²) in [6.07, 6.45) is 1.62. The molecule has 0 saturated heterocycles. The Labute approximate surface area is 46.1 Å². The number of hydrogen-bond donors (Lipinski definition) is 0. The van der Waals surface area contributed by atoms with E-state index in [0.29, 0.717) is 5.35 Å². The van der Waals surface area contributed by atoms with Crippen molar-refractivity contribution in [2.45, 2.75) is 0 Å². The maximum atomic E-state index is 8.20. The van der Waals surface area contributed by atoms with Gasteiger partial charge in [0.15, 0.2) is 6.20 Å². The normalized spacial score (nSPS) is 8.50. The Balaban J connectivity index is 3.65. The molecule has 3 nitrogen and oxygen atoms in total. The maximum Gasteiger partial charge on any atom is 0.163 e. The zero-order valence-corrected chi connectivity index (χ0v) is 4.20. The SMILES string of the molecule is C=[n+]1ccc(=C=[N-])[n-]1. The Morgan fingerprint density at radius 3 is 2.88 bits per heavy atom. The molecule has 0 radical (unpaired) electrons. The molecule has 0 atom stereocenters. The van der Waals surface area contributed by atoms with Crippen LogP contribution in [-0.4, -0.2) is 5.87 Å². The van der Waals surface area contributed by atoms with Crippen molar-refractivity contribution >= 4 is 5.87 Å². The van der Waals surface area contributed by atoms with Gasteiger partial charge in [-0.3, -0.25) is 5.87 Å². The summed E-state index contributed by atoms with van der Waals surface area (Å²) in [6, 6.07) is 1.60. The number of nitrogens with zero attached hydrogens (tertiary/aromatic N) is 3. The first-order valence-electron chi connectivity index (χ1n) is 2.09. The fraction of sp³-hybridized carbons (Fsp3) is 0. The van der Waals surface area contributed by atoms with Gasteiger partial charge in [-0.1, -0.05) is 5.35 Å². The molecule has 0 amide bonds. The second kappa shape index (κ2) is 1.64. The van der Waals surface area contributed by atoms with Crippen LogP contribution in [0.25, 0.3) is 5.41 Å². The molecule has 3 heteroatoms. The predicted octanol–water partition coefficient (Wildman–Crippen LogP) is -1.52. The topological polar surface area (TPSA) is 42.3 Å². The Kier molecular flexibility index (Phi) is 0.985. The van der Waals surface area contributed by atoms with E-state index in [1.807, 2.05) is 5.87 Å². The summed E-state index contributed by atoms with van der Waals surface area (Å²) in [5.41, 5.74) is 0. The number of rotatable bonds is 0. The van der Waals surface area contributed by atoms with Crippen LogP contribution in [0, 0.1) is 6.72 Å². The molecule has 0 spiro atoms. The van der Waals surface area contributed by atoms with Crippen molar-refractivity contribution < 1.29 is 4.36 Å². The van der Waals surface area contributed by atoms with Crippen LogP contribution in [-0.2, 0) is 0 Å². The molecule has 8 heavy (non-hydrogen) atoms. The smallest absolute Gasteiger partial charge is 0.163 e. The zero-order valence-electron chi connectivity index (χ0n) is 4.20. The lowest BCUT2D eigenvalue weighted by atomic mass is 10.6. The highest BCUT2D eigenvalue weighted by Gasteiger charge is 1.67. The van der Waals surface area contributed by atoms with Crippen LogP contribution in [0.15, 0.2) is 12.3 Å². The molecule has 0 aliphatic carbocycles. The minimum atomic E-state index is 0.403. The first-order chi connectivity index (χ1) is 3.83. The second-order valence-corrected chi connectivity index (χ2v) is 1.35. The van der Waals surface area contributed by atoms with Gasteiger partial charge in [-0.15, -0.1) is 0 Å². The molecule has 0 unspecified atom stereocenters. The molecule has 0 aliphatic heterocycles. The molecule has 40 valence electrons. The standard InChI is InChI=1S/C5H4N3/c1-8-3-2-5(4-6)7-8/h2-3H,1H2/q-1. The largest absolute Gasteiger partial charge is 0.764 e. The van der Waals surface area contributed by atoms with Crippen molar-refractivity contribution in [2.75, 3.05) is 0 Å². The van der Waals surface area contributed by atoms with Crippen molar-refractivity contribution in [1.82, 2.24) is 5.10 Å². The van der Waals surface area contributed by atoms with Crippen molar-refractivity contribution in [3.8, 4) is 0 Å². The molecule has 0 saturated carbocycles. The van der Waals surface area contributed by atoms with Crippen LogP contribution in [0.4, 0.5) is 0 Å². The summed E-state index contributed by atoms with van der Waals surface area (Å²) in [5.74, 6) is 1.88. The maximum absolute atomic E-state index is 8.20. The van der Waals surface area contributed by atoms with Crippen molar-refractivity contribution in [1.29, 1.82) is 0 Å². The predicted molar refractivity (Wildman–Crippen MR) is 27.8 cm³/mol. The van der Waals surface area contributed by atoms with Gasteiger partial charge < -0.3 is 10.5 Å². The van der Waals surface area contributed by atoms with E-state index in [-0.39, 0.29) is 0 Å². The summed E-state index contributed by atoms with van der Waals surface area (Å²) in [4.78, 5) is 0. The van der Waals surface area contributed by atoms with Gasteiger partial charge in [0.05, 0.1) is 0 Å². The molecule has 0 aliphatic rings. The highest BCUT2D eigenvalue weighted by Crippen LogP contribution is 1.47. The van der Waals surface area contributed by atoms with Crippen molar-refractivity contribution in [2.24, 2.45) is 0 Å². The lowest BCUT2D eigenvalue weighted by Gasteiger charge is -1.77. The lowest BCUT2D eigenvalue weighted by Crippen LogP contribution is -2.22. The lowest BCUT2D eigenvalue weighted by molar-refractivity contribution is -0.569. The minimum Gasteiger partial charge on any atom is -0.764 e. The van der Waals surface area contributed by atoms with E-state index < -0.39 is 0 Å². The van der Waals surface area contributed by atoms with E-state index in [2.05, 4.69) is 11.8 Å². The van der Waals surface area contributed by atoms with Crippen LogP contribution in [0.2, 0.25) is 0 Å². The van der Waals surface area contributed by atoms with Crippen LogP contribution < -0.4 is 14.8 Å². The summed E-state index contributed by atoms with van der Waals surface area (Å²) < 4.78 is 1.35. The summed E-state index contributed by atoms with van der Waals surface area (Å²) >= 11 is 0. The first-order valence-corrected chi connectivity index (χ1v) is 2.09. The zero-order chi connectivity index (χ0) is 5.98. The van der Waals surface area contributed by atoms with E-state index >= 15 is 0 Å². The van der Waals surface area contributed by atoms with Gasteiger partial charge in [0.1, 0.15) is 6.72 Å². The highest BCUT2D eigenvalue weighted by molar-refractivity contribution is 5.52. The highest BCUT2D eigenvalue weighted by atomic mass is 15.2. The average molecular weight is 106 g/mol. The van der Waals surface area contributed by atoms with Crippen molar-refractivity contribution in [3.05, 3.63) is 29.7 Å². The molecule has 1 aromatic rings. The molecule has 1 rings (SSSR count). The molecular formula is C5H4N3-. The van der Waals surface area contributed by atoms with E-state index in [1.165, 1.54) is 4.36 Å². The monoisotopic (exact) mass is 106 g/mol. The molecular weight excluding hydrogens is 102 g/mol. The molecule has 1 heterocycles. The molecule has 0 aromatic carbocycles. The average Bonchev–Trinajstić information content (AvgIpc) is 2.14. The third kappa shape index (κ3) is 0.669. The fourth-order valence-corrected chi connectivity index (χ4v) is 0.421. The Morgan fingerprint density at radius 2 is 2.62 bits per heavy atom. The van der Waals surface area contributed by atoms with Gasteiger partial charge in [-0.05, 0) is 6.07 Å². The quantitative estimate of drug-likeness (QED) is 0.292.